The van der Waals surface area contributed by atoms with E-state index in [2.05, 4.69) is 0 Å². The summed E-state index contributed by atoms with van der Waals surface area (Å²) in [7, 11) is 0. The number of hydrogen-bond donors (Lipinski definition) is 1. The lowest BCUT2D eigenvalue weighted by Gasteiger charge is -2.21. The first-order chi connectivity index (χ1) is 7.09. The van der Waals surface area contributed by atoms with E-state index in [1.165, 1.54) is 0 Å². The maximum Gasteiger partial charge on any atom is 0.307 e. The first-order valence-corrected chi connectivity index (χ1v) is 5.01. The molecule has 0 bridgehead atoms. The van der Waals surface area contributed by atoms with Gasteiger partial charge in [-0.25, -0.2) is 0 Å². The molecule has 78 valence electrons. The highest BCUT2D eigenvalue weighted by Crippen LogP contribution is 2.30. The number of fused-ring (bicyclic) bond motifs is 1. The highest BCUT2D eigenvalue weighted by molar-refractivity contribution is 6.32. The number of halogens is 1. The van der Waals surface area contributed by atoms with E-state index >= 15 is 0 Å². The predicted octanol–water partition coefficient (Wildman–Crippen LogP) is 2.17. The molecule has 0 aliphatic heterocycles. The third kappa shape index (κ3) is 1.75. The molecular weight excluding hydrogens is 216 g/mol. The average molecular weight is 225 g/mol. The fraction of sp³-hybridized carbons (Fsp3) is 0.273. The summed E-state index contributed by atoms with van der Waals surface area (Å²) in [6.45, 7) is 0. The van der Waals surface area contributed by atoms with Crippen LogP contribution < -0.4 is 0 Å². The third-order valence-corrected chi connectivity index (χ3v) is 3.00. The van der Waals surface area contributed by atoms with Crippen LogP contribution in [0.3, 0.4) is 0 Å². The fourth-order valence-corrected chi connectivity index (χ4v) is 2.11. The Bertz CT molecular complexity index is 439. The van der Waals surface area contributed by atoms with Crippen LogP contribution in [0, 0.1) is 5.92 Å². The lowest BCUT2D eigenvalue weighted by Crippen LogP contribution is -2.26. The molecule has 0 fully saturated rings. The second-order valence-electron chi connectivity index (χ2n) is 3.63. The number of rotatable bonds is 1. The predicted molar refractivity (Wildman–Crippen MR) is 55.2 cm³/mol. The molecule has 1 aliphatic rings. The molecule has 1 aromatic carbocycles. The molecule has 4 heteroatoms. The van der Waals surface area contributed by atoms with Gasteiger partial charge in [-0.15, -0.1) is 0 Å². The summed E-state index contributed by atoms with van der Waals surface area (Å²) >= 11 is 5.93. The molecule has 1 atom stereocenters. The molecule has 1 aliphatic carbocycles. The Morgan fingerprint density at radius 2 is 2.13 bits per heavy atom. The van der Waals surface area contributed by atoms with Crippen molar-refractivity contribution >= 4 is 23.4 Å². The van der Waals surface area contributed by atoms with Gasteiger partial charge >= 0.3 is 5.97 Å². The van der Waals surface area contributed by atoms with Crippen LogP contribution in [0.4, 0.5) is 0 Å². The lowest BCUT2D eigenvalue weighted by atomic mass is 9.83. The largest absolute Gasteiger partial charge is 0.481 e. The maximum atomic E-state index is 11.6. The number of carboxylic acids is 1. The number of carboxylic acid groups (broad SMARTS) is 1. The van der Waals surface area contributed by atoms with Crippen molar-refractivity contribution in [2.75, 3.05) is 0 Å². The van der Waals surface area contributed by atoms with Crippen molar-refractivity contribution in [1.82, 2.24) is 0 Å². The summed E-state index contributed by atoms with van der Waals surface area (Å²) in [5, 5.41) is 9.36. The topological polar surface area (TPSA) is 54.4 Å². The summed E-state index contributed by atoms with van der Waals surface area (Å²) in [5.74, 6) is -1.70. The average Bonchev–Trinajstić information content (AvgIpc) is 2.19. The fourth-order valence-electron chi connectivity index (χ4n) is 1.85. The molecule has 0 amide bonds. The van der Waals surface area contributed by atoms with Crippen molar-refractivity contribution in [1.29, 1.82) is 0 Å². The molecule has 0 heterocycles. The highest BCUT2D eigenvalue weighted by atomic mass is 35.5. The second kappa shape index (κ2) is 3.66. The molecule has 1 unspecified atom stereocenters. The quantitative estimate of drug-likeness (QED) is 0.796. The van der Waals surface area contributed by atoms with Crippen molar-refractivity contribution in [3.8, 4) is 0 Å². The Morgan fingerprint density at radius 3 is 2.80 bits per heavy atom. The minimum absolute atomic E-state index is 0.0721. The molecule has 1 N–H and O–H groups in total. The van der Waals surface area contributed by atoms with Gasteiger partial charge in [-0.1, -0.05) is 23.7 Å². The molecule has 0 radical (unpaired) electrons. The zero-order valence-electron chi connectivity index (χ0n) is 7.87. The molecule has 3 nitrogen and oxygen atoms in total. The summed E-state index contributed by atoms with van der Waals surface area (Å²) in [4.78, 5) is 22.5. The van der Waals surface area contributed by atoms with Crippen LogP contribution in [0.15, 0.2) is 18.2 Å². The van der Waals surface area contributed by atoms with Gasteiger partial charge in [-0.3, -0.25) is 9.59 Å². The van der Waals surface area contributed by atoms with Crippen LogP contribution in [0.2, 0.25) is 5.02 Å². The Labute approximate surface area is 91.7 Å². The van der Waals surface area contributed by atoms with E-state index in [0.717, 1.165) is 0 Å². The van der Waals surface area contributed by atoms with Gasteiger partial charge in [-0.2, -0.15) is 0 Å². The summed E-state index contributed by atoms with van der Waals surface area (Å²) < 4.78 is 0. The zero-order chi connectivity index (χ0) is 11.0. The summed E-state index contributed by atoms with van der Waals surface area (Å²) in [5.41, 5.74) is 1.24. The van der Waals surface area contributed by atoms with Crippen LogP contribution in [0.5, 0.6) is 0 Å². The van der Waals surface area contributed by atoms with Crippen molar-refractivity contribution in [3.63, 3.8) is 0 Å². The Balaban J connectivity index is 2.46. The Kier molecular flexibility index (Phi) is 2.49. The van der Waals surface area contributed by atoms with Gasteiger partial charge in [0.15, 0.2) is 5.78 Å². The molecule has 0 spiro atoms. The van der Waals surface area contributed by atoms with Gasteiger partial charge in [0.05, 0.1) is 5.92 Å². The zero-order valence-corrected chi connectivity index (χ0v) is 8.62. The van der Waals surface area contributed by atoms with Crippen molar-refractivity contribution in [2.24, 2.45) is 5.92 Å². The van der Waals surface area contributed by atoms with Gasteiger partial charge in [0, 0.05) is 17.0 Å². The van der Waals surface area contributed by atoms with Gasteiger partial charge in [0.2, 0.25) is 0 Å². The lowest BCUT2D eigenvalue weighted by molar-refractivity contribution is -0.141. The van der Waals surface area contributed by atoms with Gasteiger partial charge < -0.3 is 5.11 Å². The number of carbonyl (C=O) groups excluding carboxylic acids is 1. The number of carbonyl (C=O) groups is 2. The van der Waals surface area contributed by atoms with Crippen LogP contribution in [-0.4, -0.2) is 16.9 Å². The maximum absolute atomic E-state index is 11.6. The number of benzene rings is 1. The highest BCUT2D eigenvalue weighted by Gasteiger charge is 2.30. The molecule has 0 saturated carbocycles. The molecule has 2 rings (SSSR count). The molecule has 0 aromatic heterocycles. The van der Waals surface area contributed by atoms with E-state index in [9.17, 15) is 9.59 Å². The first kappa shape index (κ1) is 10.2. The summed E-state index contributed by atoms with van der Waals surface area (Å²) in [6, 6.07) is 5.08. The number of hydrogen-bond acceptors (Lipinski definition) is 2. The standard InChI is InChI=1S/C11H9ClO3/c12-9-3-1-2-7-8(9)4-6(11(14)15)5-10(7)13/h1-3,6H,4-5H2,(H,14,15). The van der Waals surface area contributed by atoms with Crippen LogP contribution in [0.1, 0.15) is 22.3 Å². The van der Waals surface area contributed by atoms with Crippen LogP contribution in [0.25, 0.3) is 0 Å². The van der Waals surface area contributed by atoms with E-state index in [4.69, 9.17) is 16.7 Å². The first-order valence-electron chi connectivity index (χ1n) is 4.63. The third-order valence-electron chi connectivity index (χ3n) is 2.65. The van der Waals surface area contributed by atoms with Crippen molar-refractivity contribution < 1.29 is 14.7 Å². The summed E-state index contributed by atoms with van der Waals surface area (Å²) in [6.07, 6.45) is 0.415. The number of ketones is 1. The van der Waals surface area contributed by atoms with E-state index in [1.54, 1.807) is 18.2 Å². The Hall–Kier alpha value is -1.35. The Morgan fingerprint density at radius 1 is 1.40 bits per heavy atom. The van der Waals surface area contributed by atoms with Gasteiger partial charge in [0.25, 0.3) is 0 Å². The van der Waals surface area contributed by atoms with Crippen LogP contribution in [-0.2, 0) is 11.2 Å². The van der Waals surface area contributed by atoms with Crippen molar-refractivity contribution in [3.05, 3.63) is 34.3 Å². The molecule has 15 heavy (non-hydrogen) atoms. The monoisotopic (exact) mass is 224 g/mol. The molecule has 0 saturated heterocycles. The van der Waals surface area contributed by atoms with Crippen LogP contribution >= 0.6 is 11.6 Å². The van der Waals surface area contributed by atoms with E-state index in [1.807, 2.05) is 0 Å². The minimum Gasteiger partial charge on any atom is -0.481 e. The van der Waals surface area contributed by atoms with Crippen molar-refractivity contribution in [2.45, 2.75) is 12.8 Å². The minimum atomic E-state index is -0.936. The normalized spacial score (nSPS) is 19.8. The smallest absolute Gasteiger partial charge is 0.307 e. The van der Waals surface area contributed by atoms with Gasteiger partial charge in [0.1, 0.15) is 0 Å². The van der Waals surface area contributed by atoms with E-state index < -0.39 is 11.9 Å². The number of Topliss-reactive ketones (excluding diaryl/α,β-unsaturated/α-hetero) is 1. The molecule has 1 aromatic rings. The van der Waals surface area contributed by atoms with Gasteiger partial charge in [-0.05, 0) is 18.1 Å². The van der Waals surface area contributed by atoms with E-state index in [-0.39, 0.29) is 12.2 Å². The second-order valence-corrected chi connectivity index (χ2v) is 4.04. The number of aliphatic carboxylic acids is 1. The SMILES string of the molecule is O=C1CC(C(=O)O)Cc2c(Cl)cccc21. The molecular formula is C11H9ClO3. The van der Waals surface area contributed by atoms with E-state index in [0.29, 0.717) is 22.6 Å².